The number of nitrogens with two attached hydrogens (primary N) is 1. The zero-order valence-corrected chi connectivity index (χ0v) is 25.8. The Morgan fingerprint density at radius 3 is 2.37 bits per heavy atom. The van der Waals surface area contributed by atoms with Gasteiger partial charge in [0.25, 0.3) is 5.91 Å². The fourth-order valence-corrected chi connectivity index (χ4v) is 8.59. The molecule has 14 heteroatoms. The minimum Gasteiger partial charge on any atom is -0.510 e. The molecule has 0 radical (unpaired) electrons. The van der Waals surface area contributed by atoms with Crippen LogP contribution in [0.25, 0.3) is 0 Å². The van der Waals surface area contributed by atoms with Crippen molar-refractivity contribution in [3.05, 3.63) is 45.9 Å². The molecule has 46 heavy (non-hydrogen) atoms. The number of aliphatic hydroxyl groups is 4. The molecule has 5 unspecified atom stereocenters. The van der Waals surface area contributed by atoms with E-state index in [1.807, 2.05) is 0 Å². The Kier molecular flexibility index (Phi) is 8.00. The van der Waals surface area contributed by atoms with Crippen molar-refractivity contribution in [2.75, 3.05) is 26.0 Å². The molecule has 1 aromatic carbocycles. The van der Waals surface area contributed by atoms with Gasteiger partial charge in [0.1, 0.15) is 23.6 Å². The first-order valence-electron chi connectivity index (χ1n) is 15.6. The van der Waals surface area contributed by atoms with Crippen molar-refractivity contribution in [3.8, 4) is 5.75 Å². The van der Waals surface area contributed by atoms with Crippen molar-refractivity contribution in [2.45, 2.75) is 68.8 Å². The fraction of sp³-hybridized carbons (Fsp3) is 0.562. The smallest absolute Gasteiger partial charge is 0.255 e. The quantitative estimate of drug-likeness (QED) is 0.117. The summed E-state index contributed by atoms with van der Waals surface area (Å²) in [4.78, 5) is 59.6. The maximum Gasteiger partial charge on any atom is 0.255 e. The summed E-state index contributed by atoms with van der Waals surface area (Å²) < 4.78 is 0. The van der Waals surface area contributed by atoms with E-state index < -0.39 is 87.3 Å². The van der Waals surface area contributed by atoms with Gasteiger partial charge >= 0.3 is 0 Å². The molecule has 14 nitrogen and oxygen atoms in total. The molecule has 248 valence electrons. The number of nitrogens with zero attached hydrogens (tertiary/aromatic N) is 1. The van der Waals surface area contributed by atoms with Crippen LogP contribution in [0.2, 0.25) is 0 Å². The maximum absolute atomic E-state index is 14.0. The molecule has 2 bridgehead atoms. The maximum atomic E-state index is 14.0. The fourth-order valence-electron chi connectivity index (χ4n) is 8.59. The topological polar surface area (TPSA) is 232 Å². The number of fused-ring (bicyclic) bond motifs is 6. The molecule has 6 aliphatic rings. The van der Waals surface area contributed by atoms with Gasteiger partial charge in [-0.15, -0.1) is 0 Å². The van der Waals surface area contributed by atoms with Crippen LogP contribution in [0.5, 0.6) is 5.75 Å². The number of phenolic OH excluding ortho intramolecular Hbond substituents is 1. The van der Waals surface area contributed by atoms with Gasteiger partial charge in [0.2, 0.25) is 11.7 Å². The summed E-state index contributed by atoms with van der Waals surface area (Å²) in [5, 5.41) is 59.7. The Bertz CT molecular complexity index is 1580. The van der Waals surface area contributed by atoms with Gasteiger partial charge in [-0.2, -0.15) is 5.48 Å². The number of benzene rings is 1. The second kappa shape index (κ2) is 11.5. The van der Waals surface area contributed by atoms with Crippen LogP contribution in [0, 0.1) is 23.7 Å². The number of aromatic hydroxyl groups is 1. The molecule has 3 saturated carbocycles. The van der Waals surface area contributed by atoms with Crippen LogP contribution < -0.4 is 16.5 Å². The normalized spacial score (nSPS) is 35.2. The molecular weight excluding hydrogens is 600 g/mol. The number of phenols is 1. The average molecular weight is 641 g/mol. The van der Waals surface area contributed by atoms with Gasteiger partial charge in [0.05, 0.1) is 35.4 Å². The molecule has 0 aromatic heterocycles. The molecule has 3 fully saturated rings. The number of aliphatic hydroxyl groups excluding tert-OH is 3. The predicted molar refractivity (Wildman–Crippen MR) is 161 cm³/mol. The average Bonchev–Trinajstić information content (AvgIpc) is 3.00. The van der Waals surface area contributed by atoms with Crippen molar-refractivity contribution in [1.29, 1.82) is 0 Å². The number of hydrogen-bond acceptors (Lipinski definition) is 12. The Labute approximate surface area is 264 Å². The first-order chi connectivity index (χ1) is 21.7. The van der Waals surface area contributed by atoms with Crippen molar-refractivity contribution in [2.24, 2.45) is 29.4 Å². The van der Waals surface area contributed by atoms with Crippen LogP contribution in [0.15, 0.2) is 34.8 Å². The van der Waals surface area contributed by atoms with Crippen LogP contribution in [0.4, 0.5) is 5.69 Å². The van der Waals surface area contributed by atoms with Gasteiger partial charge < -0.3 is 36.6 Å². The highest BCUT2D eigenvalue weighted by molar-refractivity contribution is 6.25. The monoisotopic (exact) mass is 640 g/mol. The van der Waals surface area contributed by atoms with E-state index in [1.165, 1.54) is 44.0 Å². The molecule has 7 rings (SSSR count). The second-order valence-electron chi connectivity index (χ2n) is 13.5. The third-order valence-electron chi connectivity index (χ3n) is 10.9. The standard InChI is InChI=1S/C32H40N4O10/c1-12-15-8-9-16(35-18(37)11-34-46-17-10-13-4-6-14(17)7-5-13)25(38)20(15)26(39)21-19(12)27(40)23-24(36(2)3)28(41)22(31(33)44)30(43)32(23,45)29(21)42/h8-9,12-14,17,19,23-24,27,34,38,40-42,45H,4-7,10-11H2,1-3H3,(H2,33,44)(H,35,37)/t12?,13?,14?,17?,19?,23?,24-,27?,32-/m0/s1. The van der Waals surface area contributed by atoms with Crippen LogP contribution in [-0.2, 0) is 19.2 Å². The molecule has 0 aliphatic heterocycles. The Morgan fingerprint density at radius 1 is 1.11 bits per heavy atom. The van der Waals surface area contributed by atoms with Crippen LogP contribution in [0.1, 0.15) is 60.9 Å². The van der Waals surface area contributed by atoms with Crippen molar-refractivity contribution in [1.82, 2.24) is 10.4 Å². The molecule has 9 N–H and O–H groups in total. The number of ketones is 2. The summed E-state index contributed by atoms with van der Waals surface area (Å²) >= 11 is 0. The lowest BCUT2D eigenvalue weighted by atomic mass is 9.55. The number of carbonyl (C=O) groups excluding carboxylic acids is 4. The first kappa shape index (κ1) is 32.1. The number of nitrogens with one attached hydrogen (secondary N) is 2. The molecular formula is C32H40N4O10. The summed E-state index contributed by atoms with van der Waals surface area (Å²) in [6.07, 6.45) is 3.91. The number of likely N-dealkylation sites (N-methyl/N-ethyl adjacent to an activating group) is 1. The molecule has 0 spiro atoms. The van der Waals surface area contributed by atoms with Gasteiger partial charge in [-0.1, -0.05) is 13.0 Å². The highest BCUT2D eigenvalue weighted by Gasteiger charge is 2.67. The van der Waals surface area contributed by atoms with Crippen LogP contribution in [0.3, 0.4) is 0 Å². The van der Waals surface area contributed by atoms with Gasteiger partial charge in [-0.25, -0.2) is 0 Å². The SMILES string of the molecule is CC1c2ccc(NC(=O)CNOC3CC4CCC3CC4)c(O)c2C(=O)C2=C(O)[C@]3(O)C(=O)C(C(N)=O)=C(O)[C@@H](N(C)C)C3C(O)C21. The molecule has 6 aliphatic carbocycles. The van der Waals surface area contributed by atoms with Gasteiger partial charge in [0, 0.05) is 11.5 Å². The number of primary amides is 1. The highest BCUT2D eigenvalue weighted by Crippen LogP contribution is 2.56. The number of hydroxylamine groups is 1. The van der Waals surface area contributed by atoms with E-state index in [1.54, 1.807) is 6.92 Å². The Balaban J connectivity index is 1.30. The zero-order valence-electron chi connectivity index (χ0n) is 25.8. The second-order valence-corrected chi connectivity index (χ2v) is 13.5. The van der Waals surface area contributed by atoms with Crippen molar-refractivity contribution < 1.29 is 49.5 Å². The van der Waals surface area contributed by atoms with E-state index in [4.69, 9.17) is 10.6 Å². The lowest BCUT2D eigenvalue weighted by Gasteiger charge is -2.53. The number of Topliss-reactive ketones (excluding diaryl/α,β-unsaturated/α-hetero) is 2. The Hall–Kier alpha value is -3.82. The van der Waals surface area contributed by atoms with Crippen LogP contribution >= 0.6 is 0 Å². The molecule has 0 heterocycles. The third kappa shape index (κ3) is 4.65. The number of amides is 2. The van der Waals surface area contributed by atoms with E-state index in [0.717, 1.165) is 19.3 Å². The molecule has 0 saturated heterocycles. The highest BCUT2D eigenvalue weighted by atomic mass is 16.7. The lowest BCUT2D eigenvalue weighted by Crippen LogP contribution is -2.68. The number of carbonyl (C=O) groups is 4. The van der Waals surface area contributed by atoms with E-state index in [9.17, 15) is 44.7 Å². The summed E-state index contributed by atoms with van der Waals surface area (Å²) in [5.74, 6) is -9.29. The van der Waals surface area contributed by atoms with Crippen molar-refractivity contribution >= 4 is 29.1 Å². The number of hydrogen-bond donors (Lipinski definition) is 8. The van der Waals surface area contributed by atoms with E-state index in [0.29, 0.717) is 17.4 Å². The Morgan fingerprint density at radius 2 is 1.78 bits per heavy atom. The van der Waals surface area contributed by atoms with Gasteiger partial charge in [-0.3, -0.25) is 28.9 Å². The summed E-state index contributed by atoms with van der Waals surface area (Å²) in [7, 11) is 2.94. The minimum atomic E-state index is -3.01. The zero-order chi connectivity index (χ0) is 33.4. The number of rotatable bonds is 7. The molecule has 2 amide bonds. The lowest BCUT2D eigenvalue weighted by molar-refractivity contribution is -0.162. The van der Waals surface area contributed by atoms with Gasteiger partial charge in [-0.05, 0) is 75.6 Å². The van der Waals surface area contributed by atoms with Crippen LogP contribution in [-0.4, -0.2) is 98.3 Å². The third-order valence-corrected chi connectivity index (χ3v) is 10.9. The first-order valence-corrected chi connectivity index (χ1v) is 15.6. The van der Waals surface area contributed by atoms with E-state index in [2.05, 4.69) is 10.8 Å². The van der Waals surface area contributed by atoms with E-state index in [-0.39, 0.29) is 23.9 Å². The minimum absolute atomic E-state index is 0.0354. The predicted octanol–water partition coefficient (Wildman–Crippen LogP) is 0.691. The molecule has 1 aromatic rings. The summed E-state index contributed by atoms with van der Waals surface area (Å²) in [5.41, 5.74) is 3.48. The summed E-state index contributed by atoms with van der Waals surface area (Å²) in [6.45, 7) is 1.41. The number of anilines is 1. The largest absolute Gasteiger partial charge is 0.510 e. The molecule has 7 atom stereocenters. The van der Waals surface area contributed by atoms with Crippen molar-refractivity contribution in [3.63, 3.8) is 0 Å². The van der Waals surface area contributed by atoms with E-state index >= 15 is 0 Å². The summed E-state index contributed by atoms with van der Waals surface area (Å²) in [6, 6.07) is 1.58. The van der Waals surface area contributed by atoms with Gasteiger partial charge in [0.15, 0.2) is 17.1 Å².